The van der Waals surface area contributed by atoms with Gasteiger partial charge >= 0.3 is 0 Å². The average molecular weight is 291 g/mol. The molecular formula is C17H25NO3. The van der Waals surface area contributed by atoms with Gasteiger partial charge in [0.1, 0.15) is 11.9 Å². The number of ether oxygens (including phenoxy) is 2. The maximum absolute atomic E-state index is 12.7. The molecule has 1 fully saturated rings. The lowest BCUT2D eigenvalue weighted by Gasteiger charge is -2.32. The van der Waals surface area contributed by atoms with Crippen LogP contribution in [0.25, 0.3) is 0 Å². The fourth-order valence-electron chi connectivity index (χ4n) is 2.58. The minimum Gasteiger partial charge on any atom is -0.490 e. The number of carbonyl (C=O) groups excluding carboxylic acids is 1. The van der Waals surface area contributed by atoms with Crippen molar-refractivity contribution in [2.45, 2.75) is 39.4 Å². The minimum atomic E-state index is -0.387. The molecule has 116 valence electrons. The van der Waals surface area contributed by atoms with Gasteiger partial charge in [-0.15, -0.1) is 0 Å². The molecular weight excluding hydrogens is 266 g/mol. The van der Waals surface area contributed by atoms with Gasteiger partial charge in [-0.05, 0) is 38.9 Å². The molecule has 0 N–H and O–H groups in total. The van der Waals surface area contributed by atoms with Crippen molar-refractivity contribution in [3.8, 4) is 5.75 Å². The molecule has 1 heterocycles. The van der Waals surface area contributed by atoms with Gasteiger partial charge in [0, 0.05) is 13.1 Å². The van der Waals surface area contributed by atoms with Crippen LogP contribution in [0, 0.1) is 0 Å². The van der Waals surface area contributed by atoms with Crippen LogP contribution in [-0.4, -0.2) is 49.1 Å². The highest BCUT2D eigenvalue weighted by atomic mass is 16.5. The second-order valence-electron chi connectivity index (χ2n) is 5.69. The van der Waals surface area contributed by atoms with E-state index in [0.29, 0.717) is 24.5 Å². The second kappa shape index (κ2) is 7.57. The van der Waals surface area contributed by atoms with Crippen molar-refractivity contribution < 1.29 is 14.3 Å². The van der Waals surface area contributed by atoms with Gasteiger partial charge in [-0.1, -0.05) is 19.1 Å². The summed E-state index contributed by atoms with van der Waals surface area (Å²) in [7, 11) is 0. The summed E-state index contributed by atoms with van der Waals surface area (Å²) in [5.74, 6) is 0.667. The zero-order valence-electron chi connectivity index (χ0n) is 13.2. The molecule has 0 aliphatic carbocycles. The monoisotopic (exact) mass is 291 g/mol. The molecule has 0 amide bonds. The summed E-state index contributed by atoms with van der Waals surface area (Å²) in [6.07, 6.45) is 0.749. The van der Waals surface area contributed by atoms with Crippen molar-refractivity contribution in [3.05, 3.63) is 29.8 Å². The molecule has 0 aromatic heterocycles. The summed E-state index contributed by atoms with van der Waals surface area (Å²) in [5.41, 5.74) is 0.620. The molecule has 4 heteroatoms. The summed E-state index contributed by atoms with van der Waals surface area (Å²) in [5, 5.41) is 0. The second-order valence-corrected chi connectivity index (χ2v) is 5.69. The van der Waals surface area contributed by atoms with Gasteiger partial charge in [-0.25, -0.2) is 0 Å². The standard InChI is InChI=1S/C17H25NO3/c1-4-9-18-10-11-20-16(12-18)17(19)14-7-5-6-8-15(14)21-13(2)3/h5-8,13,16H,4,9-12H2,1-3H3. The van der Waals surface area contributed by atoms with Gasteiger partial charge in [0.15, 0.2) is 5.78 Å². The summed E-state index contributed by atoms with van der Waals surface area (Å²) in [4.78, 5) is 15.0. The number of Topliss-reactive ketones (excluding diaryl/α,β-unsaturated/α-hetero) is 1. The Morgan fingerprint density at radius 3 is 2.90 bits per heavy atom. The fourth-order valence-corrected chi connectivity index (χ4v) is 2.58. The van der Waals surface area contributed by atoms with Gasteiger partial charge in [0.2, 0.25) is 0 Å². The van der Waals surface area contributed by atoms with Crippen molar-refractivity contribution in [1.29, 1.82) is 0 Å². The number of morpholine rings is 1. The van der Waals surface area contributed by atoms with Crippen LogP contribution < -0.4 is 4.74 Å². The largest absolute Gasteiger partial charge is 0.490 e. The first-order valence-electron chi connectivity index (χ1n) is 7.75. The van der Waals surface area contributed by atoms with Gasteiger partial charge in [-0.2, -0.15) is 0 Å². The van der Waals surface area contributed by atoms with Gasteiger partial charge in [0.05, 0.1) is 18.3 Å². The Balaban J connectivity index is 2.12. The molecule has 1 unspecified atom stereocenters. The number of hydrogen-bond acceptors (Lipinski definition) is 4. The average Bonchev–Trinajstić information content (AvgIpc) is 2.47. The van der Waals surface area contributed by atoms with E-state index in [9.17, 15) is 4.79 Å². The normalized spacial score (nSPS) is 19.7. The molecule has 1 aliphatic rings. The van der Waals surface area contributed by atoms with Crippen LogP contribution in [0.15, 0.2) is 24.3 Å². The predicted molar refractivity (Wildman–Crippen MR) is 83.0 cm³/mol. The van der Waals surface area contributed by atoms with E-state index in [1.54, 1.807) is 0 Å². The zero-order valence-corrected chi connectivity index (χ0v) is 13.2. The molecule has 1 saturated heterocycles. The zero-order chi connectivity index (χ0) is 15.2. The minimum absolute atomic E-state index is 0.0204. The lowest BCUT2D eigenvalue weighted by molar-refractivity contribution is -0.0165. The van der Waals surface area contributed by atoms with E-state index >= 15 is 0 Å². The van der Waals surface area contributed by atoms with Crippen LogP contribution in [0.2, 0.25) is 0 Å². The highest BCUT2D eigenvalue weighted by molar-refractivity contribution is 6.02. The number of rotatable bonds is 6. The third kappa shape index (κ3) is 4.29. The maximum Gasteiger partial charge on any atom is 0.196 e. The van der Waals surface area contributed by atoms with E-state index in [-0.39, 0.29) is 18.0 Å². The summed E-state index contributed by atoms with van der Waals surface area (Å²) in [6.45, 7) is 9.27. The van der Waals surface area contributed by atoms with Crippen molar-refractivity contribution in [3.63, 3.8) is 0 Å². The highest BCUT2D eigenvalue weighted by Gasteiger charge is 2.28. The van der Waals surface area contributed by atoms with Crippen LogP contribution in [0.4, 0.5) is 0 Å². The van der Waals surface area contributed by atoms with Crippen LogP contribution in [-0.2, 0) is 4.74 Å². The molecule has 1 atom stereocenters. The topological polar surface area (TPSA) is 38.8 Å². The lowest BCUT2D eigenvalue weighted by atomic mass is 10.0. The van der Waals surface area contributed by atoms with Crippen molar-refractivity contribution in [1.82, 2.24) is 4.90 Å². The quantitative estimate of drug-likeness (QED) is 0.756. The Morgan fingerprint density at radius 1 is 1.43 bits per heavy atom. The number of ketones is 1. The van der Waals surface area contributed by atoms with Crippen molar-refractivity contribution >= 4 is 5.78 Å². The molecule has 21 heavy (non-hydrogen) atoms. The Morgan fingerprint density at radius 2 is 2.19 bits per heavy atom. The molecule has 2 rings (SSSR count). The van der Waals surface area contributed by atoms with E-state index in [2.05, 4.69) is 11.8 Å². The summed E-state index contributed by atoms with van der Waals surface area (Å²) >= 11 is 0. The molecule has 0 radical (unpaired) electrons. The smallest absolute Gasteiger partial charge is 0.196 e. The number of para-hydroxylation sites is 1. The molecule has 0 bridgehead atoms. The van der Waals surface area contributed by atoms with Crippen LogP contribution in [0.1, 0.15) is 37.6 Å². The number of nitrogens with zero attached hydrogens (tertiary/aromatic N) is 1. The number of carbonyl (C=O) groups is 1. The van der Waals surface area contributed by atoms with Crippen LogP contribution >= 0.6 is 0 Å². The molecule has 4 nitrogen and oxygen atoms in total. The third-order valence-electron chi connectivity index (χ3n) is 3.50. The van der Waals surface area contributed by atoms with Crippen LogP contribution in [0.3, 0.4) is 0 Å². The van der Waals surface area contributed by atoms with E-state index in [0.717, 1.165) is 19.5 Å². The molecule has 1 aliphatic heterocycles. The first-order chi connectivity index (χ1) is 10.1. The van der Waals surface area contributed by atoms with Gasteiger partial charge < -0.3 is 9.47 Å². The summed E-state index contributed by atoms with van der Waals surface area (Å²) in [6, 6.07) is 7.43. The highest BCUT2D eigenvalue weighted by Crippen LogP contribution is 2.23. The Labute approximate surface area is 127 Å². The van der Waals surface area contributed by atoms with E-state index in [4.69, 9.17) is 9.47 Å². The summed E-state index contributed by atoms with van der Waals surface area (Å²) < 4.78 is 11.4. The van der Waals surface area contributed by atoms with Gasteiger partial charge in [0.25, 0.3) is 0 Å². The Hall–Kier alpha value is -1.39. The van der Waals surface area contributed by atoms with E-state index in [1.807, 2.05) is 38.1 Å². The van der Waals surface area contributed by atoms with Crippen molar-refractivity contribution in [2.75, 3.05) is 26.2 Å². The van der Waals surface area contributed by atoms with Crippen LogP contribution in [0.5, 0.6) is 5.75 Å². The number of benzene rings is 1. The fraction of sp³-hybridized carbons (Fsp3) is 0.588. The molecule has 1 aromatic rings. The molecule has 1 aromatic carbocycles. The molecule has 0 saturated carbocycles. The van der Waals surface area contributed by atoms with Gasteiger partial charge in [-0.3, -0.25) is 9.69 Å². The lowest BCUT2D eigenvalue weighted by Crippen LogP contribution is -2.46. The molecule has 0 spiro atoms. The predicted octanol–water partition coefficient (Wildman–Crippen LogP) is 2.77. The van der Waals surface area contributed by atoms with E-state index in [1.165, 1.54) is 0 Å². The van der Waals surface area contributed by atoms with Crippen molar-refractivity contribution in [2.24, 2.45) is 0 Å². The third-order valence-corrected chi connectivity index (χ3v) is 3.50. The SMILES string of the molecule is CCCN1CCOC(C(=O)c2ccccc2OC(C)C)C1. The first-order valence-corrected chi connectivity index (χ1v) is 7.75. The Kier molecular flexibility index (Phi) is 5.76. The first kappa shape index (κ1) is 16.0. The Bertz CT molecular complexity index is 471. The van der Waals surface area contributed by atoms with E-state index < -0.39 is 0 Å². The number of hydrogen-bond donors (Lipinski definition) is 0. The maximum atomic E-state index is 12.7.